The highest BCUT2D eigenvalue weighted by Crippen LogP contribution is 2.40. The zero-order valence-electron chi connectivity index (χ0n) is 10.2. The van der Waals surface area contributed by atoms with E-state index < -0.39 is 0 Å². The van der Waals surface area contributed by atoms with Gasteiger partial charge in [0.2, 0.25) is 0 Å². The summed E-state index contributed by atoms with van der Waals surface area (Å²) in [6.45, 7) is 4.82. The Morgan fingerprint density at radius 2 is 2.06 bits per heavy atom. The van der Waals surface area contributed by atoms with E-state index in [0.29, 0.717) is 6.61 Å². The Labute approximate surface area is 128 Å². The fourth-order valence-electron chi connectivity index (χ4n) is 1.80. The number of benzene rings is 1. The highest BCUT2D eigenvalue weighted by atomic mass is 79.9. The minimum atomic E-state index is 0.169. The summed E-state index contributed by atoms with van der Waals surface area (Å²) >= 11 is 9.04. The summed E-state index contributed by atoms with van der Waals surface area (Å²) in [6, 6.07) is 6.13. The summed E-state index contributed by atoms with van der Waals surface area (Å²) in [6.07, 6.45) is 0. The van der Waals surface area contributed by atoms with E-state index in [2.05, 4.69) is 55.6 Å². The normalized spacial score (nSPS) is 12.4. The predicted molar refractivity (Wildman–Crippen MR) is 85.1 cm³/mol. The fraction of sp³-hybridized carbons (Fsp3) is 0.286. The standard InChI is InChI=1S/C14H14Br2OS/c1-3-17-13-5-4-10(15)6-11(13)14(16)12-8-18-7-9(12)2/h4-8,14H,3H2,1-2H3. The Morgan fingerprint density at radius 3 is 2.67 bits per heavy atom. The molecular weight excluding hydrogens is 376 g/mol. The molecule has 18 heavy (non-hydrogen) atoms. The second-order valence-electron chi connectivity index (χ2n) is 3.99. The largest absolute Gasteiger partial charge is 0.494 e. The van der Waals surface area contributed by atoms with Crippen molar-refractivity contribution >= 4 is 43.2 Å². The Bertz CT molecular complexity index is 536. The Balaban J connectivity index is 2.43. The molecule has 0 saturated carbocycles. The predicted octanol–water partition coefficient (Wildman–Crippen LogP) is 5.70. The maximum Gasteiger partial charge on any atom is 0.124 e. The van der Waals surface area contributed by atoms with E-state index >= 15 is 0 Å². The number of thiophene rings is 1. The lowest BCUT2D eigenvalue weighted by Gasteiger charge is -2.16. The molecule has 1 nitrogen and oxygen atoms in total. The summed E-state index contributed by atoms with van der Waals surface area (Å²) < 4.78 is 6.77. The monoisotopic (exact) mass is 388 g/mol. The van der Waals surface area contributed by atoms with Crippen molar-refractivity contribution < 1.29 is 4.74 Å². The topological polar surface area (TPSA) is 9.23 Å². The first-order valence-corrected chi connectivity index (χ1v) is 8.37. The third kappa shape index (κ3) is 2.98. The van der Waals surface area contributed by atoms with Gasteiger partial charge in [0.15, 0.2) is 0 Å². The number of aryl methyl sites for hydroxylation is 1. The molecule has 2 aromatic rings. The van der Waals surface area contributed by atoms with E-state index in [1.807, 2.05) is 19.1 Å². The average molecular weight is 390 g/mol. The maximum absolute atomic E-state index is 5.70. The Morgan fingerprint density at radius 1 is 1.28 bits per heavy atom. The van der Waals surface area contributed by atoms with E-state index in [0.717, 1.165) is 15.8 Å². The van der Waals surface area contributed by atoms with Crippen LogP contribution in [-0.2, 0) is 0 Å². The summed E-state index contributed by atoms with van der Waals surface area (Å²) in [5, 5.41) is 4.35. The van der Waals surface area contributed by atoms with Crippen molar-refractivity contribution in [3.8, 4) is 5.75 Å². The molecule has 2 rings (SSSR count). The molecule has 0 fully saturated rings. The van der Waals surface area contributed by atoms with Crippen molar-refractivity contribution in [1.82, 2.24) is 0 Å². The second-order valence-corrected chi connectivity index (χ2v) is 6.56. The average Bonchev–Trinajstić information content (AvgIpc) is 2.77. The molecule has 1 aromatic heterocycles. The molecule has 0 aliphatic heterocycles. The van der Waals surface area contributed by atoms with Crippen LogP contribution in [0, 0.1) is 6.92 Å². The molecule has 0 N–H and O–H groups in total. The van der Waals surface area contributed by atoms with Crippen LogP contribution in [-0.4, -0.2) is 6.61 Å². The van der Waals surface area contributed by atoms with Crippen LogP contribution in [0.3, 0.4) is 0 Å². The molecule has 1 heterocycles. The summed E-state index contributed by atoms with van der Waals surface area (Å²) in [7, 11) is 0. The van der Waals surface area contributed by atoms with Gasteiger partial charge in [0.25, 0.3) is 0 Å². The lowest BCUT2D eigenvalue weighted by molar-refractivity contribution is 0.337. The number of halogens is 2. The van der Waals surface area contributed by atoms with Gasteiger partial charge >= 0.3 is 0 Å². The molecule has 96 valence electrons. The zero-order chi connectivity index (χ0) is 13.1. The first-order valence-electron chi connectivity index (χ1n) is 5.72. The lowest BCUT2D eigenvalue weighted by Crippen LogP contribution is -2.00. The van der Waals surface area contributed by atoms with Crippen LogP contribution in [0.5, 0.6) is 5.75 Å². The van der Waals surface area contributed by atoms with E-state index in [1.165, 1.54) is 11.1 Å². The third-order valence-electron chi connectivity index (χ3n) is 2.71. The van der Waals surface area contributed by atoms with Crippen molar-refractivity contribution in [1.29, 1.82) is 0 Å². The van der Waals surface area contributed by atoms with Gasteiger partial charge in [-0.1, -0.05) is 31.9 Å². The number of hydrogen-bond donors (Lipinski definition) is 0. The molecule has 4 heteroatoms. The molecule has 0 saturated heterocycles. The van der Waals surface area contributed by atoms with E-state index in [1.54, 1.807) is 11.3 Å². The number of rotatable bonds is 4. The molecular formula is C14H14Br2OS. The quantitative estimate of drug-likeness (QED) is 0.609. The number of ether oxygens (including phenoxy) is 1. The van der Waals surface area contributed by atoms with Gasteiger partial charge in [0, 0.05) is 10.0 Å². The summed E-state index contributed by atoms with van der Waals surface area (Å²) in [4.78, 5) is 0.169. The van der Waals surface area contributed by atoms with Crippen LogP contribution < -0.4 is 4.74 Å². The minimum Gasteiger partial charge on any atom is -0.494 e. The fourth-order valence-corrected chi connectivity index (χ4v) is 4.08. The van der Waals surface area contributed by atoms with Gasteiger partial charge in [-0.05, 0) is 53.9 Å². The van der Waals surface area contributed by atoms with Crippen LogP contribution in [0.15, 0.2) is 33.4 Å². The minimum absolute atomic E-state index is 0.169. The van der Waals surface area contributed by atoms with E-state index in [4.69, 9.17) is 4.74 Å². The summed E-state index contributed by atoms with van der Waals surface area (Å²) in [5.74, 6) is 0.938. The molecule has 0 aliphatic rings. The van der Waals surface area contributed by atoms with Gasteiger partial charge in [-0.3, -0.25) is 0 Å². The highest BCUT2D eigenvalue weighted by molar-refractivity contribution is 9.10. The molecule has 1 aromatic carbocycles. The molecule has 1 atom stereocenters. The Kier molecular flexibility index (Phi) is 4.87. The van der Waals surface area contributed by atoms with Crippen molar-refractivity contribution in [3.05, 3.63) is 50.1 Å². The van der Waals surface area contributed by atoms with Crippen LogP contribution in [0.4, 0.5) is 0 Å². The van der Waals surface area contributed by atoms with Crippen molar-refractivity contribution in [2.45, 2.75) is 18.7 Å². The van der Waals surface area contributed by atoms with Crippen molar-refractivity contribution in [3.63, 3.8) is 0 Å². The van der Waals surface area contributed by atoms with Gasteiger partial charge in [-0.15, -0.1) is 0 Å². The zero-order valence-corrected chi connectivity index (χ0v) is 14.2. The molecule has 0 spiro atoms. The van der Waals surface area contributed by atoms with Crippen LogP contribution in [0.2, 0.25) is 0 Å². The molecule has 1 unspecified atom stereocenters. The first-order chi connectivity index (χ1) is 8.63. The molecule has 0 amide bonds. The SMILES string of the molecule is CCOc1ccc(Br)cc1C(Br)c1cscc1C. The third-order valence-corrected chi connectivity index (χ3v) is 5.07. The molecule has 0 radical (unpaired) electrons. The van der Waals surface area contributed by atoms with E-state index in [9.17, 15) is 0 Å². The molecule has 0 bridgehead atoms. The lowest BCUT2D eigenvalue weighted by atomic mass is 10.0. The maximum atomic E-state index is 5.70. The van der Waals surface area contributed by atoms with E-state index in [-0.39, 0.29) is 4.83 Å². The van der Waals surface area contributed by atoms with Gasteiger partial charge in [0.1, 0.15) is 5.75 Å². The van der Waals surface area contributed by atoms with Crippen LogP contribution >= 0.6 is 43.2 Å². The van der Waals surface area contributed by atoms with Gasteiger partial charge < -0.3 is 4.74 Å². The highest BCUT2D eigenvalue weighted by Gasteiger charge is 2.18. The van der Waals surface area contributed by atoms with Gasteiger partial charge in [-0.2, -0.15) is 11.3 Å². The summed E-state index contributed by atoms with van der Waals surface area (Å²) in [5.41, 5.74) is 3.77. The first kappa shape index (κ1) is 14.1. The second kappa shape index (κ2) is 6.22. The number of hydrogen-bond acceptors (Lipinski definition) is 2. The molecule has 0 aliphatic carbocycles. The van der Waals surface area contributed by atoms with Gasteiger partial charge in [-0.25, -0.2) is 0 Å². The Hall–Kier alpha value is -0.320. The smallest absolute Gasteiger partial charge is 0.124 e. The van der Waals surface area contributed by atoms with Crippen molar-refractivity contribution in [2.24, 2.45) is 0 Å². The van der Waals surface area contributed by atoms with Gasteiger partial charge in [0.05, 0.1) is 11.4 Å². The van der Waals surface area contributed by atoms with Crippen LogP contribution in [0.25, 0.3) is 0 Å². The van der Waals surface area contributed by atoms with Crippen molar-refractivity contribution in [2.75, 3.05) is 6.61 Å². The van der Waals surface area contributed by atoms with Crippen LogP contribution in [0.1, 0.15) is 28.4 Å². The number of alkyl halides is 1.